The van der Waals surface area contributed by atoms with Gasteiger partial charge in [-0.1, -0.05) is 94.9 Å². The van der Waals surface area contributed by atoms with Crippen LogP contribution in [0.3, 0.4) is 0 Å². The van der Waals surface area contributed by atoms with Crippen molar-refractivity contribution in [1.29, 1.82) is 0 Å². The van der Waals surface area contributed by atoms with Crippen molar-refractivity contribution in [1.82, 2.24) is 0 Å². The van der Waals surface area contributed by atoms with Gasteiger partial charge in [0.15, 0.2) is 5.60 Å². The molecule has 2 N–H and O–H groups in total. The van der Waals surface area contributed by atoms with Crippen molar-refractivity contribution in [3.05, 3.63) is 163 Å². The predicted molar refractivity (Wildman–Crippen MR) is 233 cm³/mol. The van der Waals surface area contributed by atoms with Gasteiger partial charge in [-0.2, -0.15) is 0 Å². The lowest BCUT2D eigenvalue weighted by Crippen LogP contribution is -2.26. The highest BCUT2D eigenvalue weighted by Crippen LogP contribution is 2.53. The molecule has 0 atom stereocenters. The van der Waals surface area contributed by atoms with Crippen LogP contribution in [0.2, 0.25) is 20.1 Å². The van der Waals surface area contributed by atoms with Crippen LogP contribution in [0.5, 0.6) is 11.5 Å². The van der Waals surface area contributed by atoms with Gasteiger partial charge in [0.2, 0.25) is 0 Å². The minimum Gasteiger partial charge on any atom is -0.497 e. The minimum absolute atomic E-state index is 0.00812. The Labute approximate surface area is 349 Å². The molecular formula is C46H44Cl4N2O4. The summed E-state index contributed by atoms with van der Waals surface area (Å²) in [5, 5.41) is 7.03. The van der Waals surface area contributed by atoms with Crippen molar-refractivity contribution >= 4 is 74.9 Å². The lowest BCUT2D eigenvalue weighted by molar-refractivity contribution is 0.0300. The number of hydrogen-bond acceptors (Lipinski definition) is 6. The number of anilines is 2. The fraction of sp³-hybridized carbons (Fsp3) is 0.239. The van der Waals surface area contributed by atoms with Crippen molar-refractivity contribution in [2.75, 3.05) is 24.9 Å². The molecule has 0 spiro atoms. The van der Waals surface area contributed by atoms with E-state index in [0.29, 0.717) is 11.5 Å². The quantitative estimate of drug-likeness (QED) is 0.0830. The number of ether oxygens (including phenoxy) is 3. The molecule has 0 saturated heterocycles. The maximum Gasteiger partial charge on any atom is 0.341 e. The SMILES string of the molecule is COc1ccc(/C(=C\C2(/C=C(/c3ccc(NC(C)(C)C)cc3)c3ccc(OC)cc3)OC(=O)c3c(Cl)c(Cl)c(Cl)c(Cl)c32)c2ccc(NC(C)(C)C)cc2)cc1. The summed E-state index contributed by atoms with van der Waals surface area (Å²) in [6.07, 6.45) is 3.80. The van der Waals surface area contributed by atoms with Crippen LogP contribution in [-0.2, 0) is 10.3 Å². The molecule has 1 heterocycles. The number of halogens is 4. The Morgan fingerprint density at radius 2 is 0.893 bits per heavy atom. The second kappa shape index (κ2) is 16.1. The van der Waals surface area contributed by atoms with Crippen molar-refractivity contribution in [2.24, 2.45) is 0 Å². The van der Waals surface area contributed by atoms with Crippen molar-refractivity contribution in [3.8, 4) is 11.5 Å². The first-order chi connectivity index (χ1) is 26.4. The Hall–Kier alpha value is -4.59. The molecular weight excluding hydrogens is 786 g/mol. The molecule has 5 aromatic rings. The van der Waals surface area contributed by atoms with Gasteiger partial charge in [-0.05, 0) is 136 Å². The second-order valence-electron chi connectivity index (χ2n) is 15.7. The summed E-state index contributed by atoms with van der Waals surface area (Å²) in [4.78, 5) is 14.2. The van der Waals surface area contributed by atoms with Gasteiger partial charge in [0.1, 0.15) is 11.5 Å². The highest BCUT2D eigenvalue weighted by Gasteiger charge is 2.48. The smallest absolute Gasteiger partial charge is 0.341 e. The third kappa shape index (κ3) is 8.85. The fourth-order valence-corrected chi connectivity index (χ4v) is 7.74. The summed E-state index contributed by atoms with van der Waals surface area (Å²) in [7, 11) is 3.24. The molecule has 0 unspecified atom stereocenters. The number of esters is 1. The van der Waals surface area contributed by atoms with Crippen molar-refractivity contribution in [2.45, 2.75) is 58.2 Å². The minimum atomic E-state index is -1.66. The summed E-state index contributed by atoms with van der Waals surface area (Å²) in [5.41, 5.74) is 5.07. The molecule has 0 aliphatic carbocycles. The van der Waals surface area contributed by atoms with Crippen LogP contribution >= 0.6 is 46.4 Å². The molecule has 6 rings (SSSR count). The van der Waals surface area contributed by atoms with Gasteiger partial charge in [-0.25, -0.2) is 4.79 Å². The summed E-state index contributed by atoms with van der Waals surface area (Å²) < 4.78 is 17.6. The van der Waals surface area contributed by atoms with Gasteiger partial charge in [0.05, 0.1) is 39.9 Å². The molecule has 0 radical (unpaired) electrons. The topological polar surface area (TPSA) is 68.8 Å². The normalized spacial score (nSPS) is 16.0. The number of hydrogen-bond donors (Lipinski definition) is 2. The molecule has 6 nitrogen and oxygen atoms in total. The van der Waals surface area contributed by atoms with E-state index in [1.54, 1.807) is 14.2 Å². The van der Waals surface area contributed by atoms with Crippen molar-refractivity contribution < 1.29 is 19.0 Å². The molecule has 0 bridgehead atoms. The summed E-state index contributed by atoms with van der Waals surface area (Å²) >= 11 is 27.3. The standard InChI is InChI=1S/C46H44Cl4N2O4/c1-44(2,3)51-31-17-9-27(10-18-31)35(29-13-21-33(54-7)22-14-29)25-46(38-37(43(53)56-46)39(47)41(49)42(50)40(38)48)26-36(30-15-23-34(55-8)24-16-30)28-11-19-32(20-12-28)52-45(4,5)6/h9-26,51-52H,1-8H3/b35-25-,36-26-. The van der Waals surface area contributed by atoms with E-state index in [4.69, 9.17) is 60.6 Å². The van der Waals surface area contributed by atoms with E-state index in [0.717, 1.165) is 44.8 Å². The number of fused-ring (bicyclic) bond motifs is 1. The summed E-state index contributed by atoms with van der Waals surface area (Å²) in [6.45, 7) is 12.6. The van der Waals surface area contributed by atoms with Gasteiger partial charge < -0.3 is 24.8 Å². The monoisotopic (exact) mass is 828 g/mol. The zero-order valence-electron chi connectivity index (χ0n) is 32.5. The first kappa shape index (κ1) is 41.1. The van der Waals surface area contributed by atoms with E-state index in [-0.39, 0.29) is 42.3 Å². The lowest BCUT2D eigenvalue weighted by atomic mass is 9.83. The van der Waals surface area contributed by atoms with Crippen LogP contribution in [0.4, 0.5) is 11.4 Å². The molecule has 0 saturated carbocycles. The maximum absolute atomic E-state index is 14.2. The van der Waals surface area contributed by atoms with E-state index in [1.165, 1.54) is 0 Å². The molecule has 0 amide bonds. The third-order valence-electron chi connectivity index (χ3n) is 9.07. The first-order valence-electron chi connectivity index (χ1n) is 18.0. The molecule has 10 heteroatoms. The average Bonchev–Trinajstić information content (AvgIpc) is 3.45. The number of nitrogens with one attached hydrogen (secondary N) is 2. The van der Waals surface area contributed by atoms with E-state index >= 15 is 0 Å². The largest absolute Gasteiger partial charge is 0.497 e. The molecule has 56 heavy (non-hydrogen) atoms. The number of methoxy groups -OCH3 is 2. The number of carbonyl (C=O) groups excluding carboxylic acids is 1. The maximum atomic E-state index is 14.2. The molecule has 5 aromatic carbocycles. The van der Waals surface area contributed by atoms with Crippen LogP contribution in [0.1, 0.15) is 79.7 Å². The van der Waals surface area contributed by atoms with Crippen LogP contribution in [0.15, 0.2) is 109 Å². The Bertz CT molecular complexity index is 2180. The van der Waals surface area contributed by atoms with Crippen LogP contribution in [0, 0.1) is 0 Å². The van der Waals surface area contributed by atoms with Crippen LogP contribution in [-0.4, -0.2) is 31.3 Å². The number of benzene rings is 5. The number of rotatable bonds is 10. The zero-order chi connectivity index (χ0) is 40.6. The first-order valence-corrected chi connectivity index (χ1v) is 19.5. The number of cyclic esters (lactones) is 1. The Kier molecular flexibility index (Phi) is 11.8. The molecule has 290 valence electrons. The molecule has 0 aromatic heterocycles. The summed E-state index contributed by atoms with van der Waals surface area (Å²) in [6, 6.07) is 31.5. The molecule has 0 fully saturated rings. The Morgan fingerprint density at radius 3 is 1.23 bits per heavy atom. The van der Waals surface area contributed by atoms with Gasteiger partial charge >= 0.3 is 5.97 Å². The average molecular weight is 831 g/mol. The highest BCUT2D eigenvalue weighted by molar-refractivity contribution is 6.53. The van der Waals surface area contributed by atoms with E-state index in [9.17, 15) is 4.79 Å². The highest BCUT2D eigenvalue weighted by atomic mass is 35.5. The van der Waals surface area contributed by atoms with Crippen molar-refractivity contribution in [3.63, 3.8) is 0 Å². The van der Waals surface area contributed by atoms with Gasteiger partial charge in [-0.3, -0.25) is 0 Å². The Morgan fingerprint density at radius 1 is 0.554 bits per heavy atom. The van der Waals surface area contributed by atoms with Gasteiger partial charge in [-0.15, -0.1) is 0 Å². The van der Waals surface area contributed by atoms with E-state index < -0.39 is 11.6 Å². The zero-order valence-corrected chi connectivity index (χ0v) is 35.6. The van der Waals surface area contributed by atoms with E-state index in [2.05, 4.69) is 52.2 Å². The van der Waals surface area contributed by atoms with E-state index in [1.807, 2.05) is 109 Å². The number of carbonyl (C=O) groups is 1. The fourth-order valence-electron chi connectivity index (χ4n) is 6.66. The van der Waals surface area contributed by atoms with Crippen LogP contribution in [0.25, 0.3) is 11.1 Å². The molecule has 1 aliphatic heterocycles. The molecule has 1 aliphatic rings. The van der Waals surface area contributed by atoms with Gasteiger partial charge in [0, 0.05) is 28.0 Å². The second-order valence-corrected chi connectivity index (χ2v) is 17.2. The Balaban J connectivity index is 1.70. The predicted octanol–water partition coefficient (Wildman–Crippen LogP) is 13.4. The lowest BCUT2D eigenvalue weighted by Gasteiger charge is -2.28. The third-order valence-corrected chi connectivity index (χ3v) is 10.9. The van der Waals surface area contributed by atoms with Gasteiger partial charge in [0.25, 0.3) is 0 Å². The van der Waals surface area contributed by atoms with Crippen LogP contribution < -0.4 is 20.1 Å². The summed E-state index contributed by atoms with van der Waals surface area (Å²) in [5.74, 6) is 0.676.